The van der Waals surface area contributed by atoms with Gasteiger partial charge < -0.3 is 9.64 Å². The fourth-order valence-corrected chi connectivity index (χ4v) is 2.94. The minimum atomic E-state index is 0.156. The fourth-order valence-electron chi connectivity index (χ4n) is 2.94. The largest absolute Gasteiger partial charge is 0.493 e. The quantitative estimate of drug-likeness (QED) is 0.824. The van der Waals surface area contributed by atoms with Crippen molar-refractivity contribution in [3.8, 4) is 5.75 Å². The summed E-state index contributed by atoms with van der Waals surface area (Å²) in [5.41, 5.74) is 1.96. The SMILES string of the molecule is CC(C)N1CCN(C(=O)c2ccc3c(c2)CCO3)CC1. The first kappa shape index (κ1) is 13.4. The van der Waals surface area contributed by atoms with Crippen molar-refractivity contribution < 1.29 is 9.53 Å². The van der Waals surface area contributed by atoms with E-state index in [0.717, 1.165) is 56.1 Å². The molecule has 0 radical (unpaired) electrons. The van der Waals surface area contributed by atoms with Crippen LogP contribution < -0.4 is 4.74 Å². The van der Waals surface area contributed by atoms with Gasteiger partial charge in [0.2, 0.25) is 0 Å². The van der Waals surface area contributed by atoms with Gasteiger partial charge in [-0.05, 0) is 37.6 Å². The Morgan fingerprint density at radius 2 is 1.95 bits per heavy atom. The summed E-state index contributed by atoms with van der Waals surface area (Å²) in [5, 5.41) is 0. The number of piperazine rings is 1. The first-order chi connectivity index (χ1) is 9.65. The lowest BCUT2D eigenvalue weighted by Crippen LogP contribution is -2.50. The van der Waals surface area contributed by atoms with Crippen molar-refractivity contribution in [1.29, 1.82) is 0 Å². The topological polar surface area (TPSA) is 32.8 Å². The van der Waals surface area contributed by atoms with Crippen molar-refractivity contribution in [2.24, 2.45) is 0 Å². The predicted octanol–water partition coefficient (Wildman–Crippen LogP) is 1.79. The van der Waals surface area contributed by atoms with E-state index in [1.165, 1.54) is 0 Å². The molecule has 1 fully saturated rings. The van der Waals surface area contributed by atoms with Crippen LogP contribution in [0.2, 0.25) is 0 Å². The molecule has 2 aliphatic heterocycles. The number of benzene rings is 1. The molecule has 0 saturated carbocycles. The first-order valence-corrected chi connectivity index (χ1v) is 7.44. The van der Waals surface area contributed by atoms with Crippen LogP contribution in [0.3, 0.4) is 0 Å². The van der Waals surface area contributed by atoms with Crippen LogP contribution in [-0.2, 0) is 6.42 Å². The Morgan fingerprint density at radius 1 is 1.20 bits per heavy atom. The Labute approximate surface area is 120 Å². The molecule has 3 rings (SSSR count). The number of carbonyl (C=O) groups excluding carboxylic acids is 1. The zero-order valence-electron chi connectivity index (χ0n) is 12.3. The van der Waals surface area contributed by atoms with E-state index in [2.05, 4.69) is 18.7 Å². The number of carbonyl (C=O) groups is 1. The van der Waals surface area contributed by atoms with E-state index >= 15 is 0 Å². The van der Waals surface area contributed by atoms with Crippen LogP contribution >= 0.6 is 0 Å². The van der Waals surface area contributed by atoms with Gasteiger partial charge in [-0.25, -0.2) is 0 Å². The summed E-state index contributed by atoms with van der Waals surface area (Å²) in [6, 6.07) is 6.38. The third-order valence-corrected chi connectivity index (χ3v) is 4.27. The summed E-state index contributed by atoms with van der Waals surface area (Å²) in [5.74, 6) is 1.09. The molecule has 0 aromatic heterocycles. The van der Waals surface area contributed by atoms with Crippen molar-refractivity contribution in [1.82, 2.24) is 9.80 Å². The lowest BCUT2D eigenvalue weighted by Gasteiger charge is -2.37. The van der Waals surface area contributed by atoms with Gasteiger partial charge in [-0.15, -0.1) is 0 Å². The number of fused-ring (bicyclic) bond motifs is 1. The highest BCUT2D eigenvalue weighted by atomic mass is 16.5. The van der Waals surface area contributed by atoms with Crippen LogP contribution in [0.15, 0.2) is 18.2 Å². The van der Waals surface area contributed by atoms with Gasteiger partial charge in [0.1, 0.15) is 5.75 Å². The maximum absolute atomic E-state index is 12.5. The highest BCUT2D eigenvalue weighted by molar-refractivity contribution is 5.94. The number of hydrogen-bond acceptors (Lipinski definition) is 3. The van der Waals surface area contributed by atoms with E-state index in [9.17, 15) is 4.79 Å². The van der Waals surface area contributed by atoms with E-state index in [4.69, 9.17) is 4.74 Å². The summed E-state index contributed by atoms with van der Waals surface area (Å²) in [7, 11) is 0. The molecule has 20 heavy (non-hydrogen) atoms. The molecule has 2 aliphatic rings. The van der Waals surface area contributed by atoms with Crippen LogP contribution in [0.1, 0.15) is 29.8 Å². The molecule has 0 spiro atoms. The average Bonchev–Trinajstić information content (AvgIpc) is 2.94. The number of hydrogen-bond donors (Lipinski definition) is 0. The smallest absolute Gasteiger partial charge is 0.253 e. The minimum Gasteiger partial charge on any atom is -0.493 e. The lowest BCUT2D eigenvalue weighted by atomic mass is 10.1. The second kappa shape index (κ2) is 5.44. The molecule has 0 N–H and O–H groups in total. The van der Waals surface area contributed by atoms with E-state index < -0.39 is 0 Å². The van der Waals surface area contributed by atoms with Crippen molar-refractivity contribution in [2.75, 3.05) is 32.8 Å². The summed E-state index contributed by atoms with van der Waals surface area (Å²) < 4.78 is 5.49. The van der Waals surface area contributed by atoms with Gasteiger partial charge in [0.25, 0.3) is 5.91 Å². The normalized spacial score (nSPS) is 19.1. The third-order valence-electron chi connectivity index (χ3n) is 4.27. The average molecular weight is 274 g/mol. The fraction of sp³-hybridized carbons (Fsp3) is 0.562. The molecule has 1 aromatic rings. The Hall–Kier alpha value is -1.55. The lowest BCUT2D eigenvalue weighted by molar-refractivity contribution is 0.0595. The summed E-state index contributed by atoms with van der Waals surface area (Å²) >= 11 is 0. The van der Waals surface area contributed by atoms with E-state index in [1.54, 1.807) is 0 Å². The van der Waals surface area contributed by atoms with Crippen molar-refractivity contribution in [3.05, 3.63) is 29.3 Å². The van der Waals surface area contributed by atoms with Crippen LogP contribution in [0.5, 0.6) is 5.75 Å². The molecule has 1 aromatic carbocycles. The van der Waals surface area contributed by atoms with Crippen LogP contribution in [0, 0.1) is 0 Å². The molecule has 2 heterocycles. The van der Waals surface area contributed by atoms with Crippen molar-refractivity contribution in [3.63, 3.8) is 0 Å². The van der Waals surface area contributed by atoms with Gasteiger partial charge in [-0.2, -0.15) is 0 Å². The molecule has 4 heteroatoms. The van der Waals surface area contributed by atoms with Crippen LogP contribution in [-0.4, -0.2) is 54.5 Å². The Morgan fingerprint density at radius 3 is 2.65 bits per heavy atom. The zero-order valence-corrected chi connectivity index (χ0v) is 12.3. The van der Waals surface area contributed by atoms with Crippen molar-refractivity contribution >= 4 is 5.91 Å². The van der Waals surface area contributed by atoms with Gasteiger partial charge in [0.05, 0.1) is 6.61 Å². The molecule has 4 nitrogen and oxygen atoms in total. The molecule has 1 amide bonds. The van der Waals surface area contributed by atoms with Crippen molar-refractivity contribution in [2.45, 2.75) is 26.3 Å². The van der Waals surface area contributed by atoms with E-state index in [1.807, 2.05) is 23.1 Å². The number of amides is 1. The summed E-state index contributed by atoms with van der Waals surface area (Å²) in [6.07, 6.45) is 0.914. The number of rotatable bonds is 2. The predicted molar refractivity (Wildman–Crippen MR) is 78.3 cm³/mol. The Balaban J connectivity index is 1.68. The molecule has 0 unspecified atom stereocenters. The highest BCUT2D eigenvalue weighted by Crippen LogP contribution is 2.26. The van der Waals surface area contributed by atoms with Crippen LogP contribution in [0.4, 0.5) is 0 Å². The standard InChI is InChI=1S/C16H22N2O2/c1-12(2)17-6-8-18(9-7-17)16(19)14-3-4-15-13(11-14)5-10-20-15/h3-4,11-12H,5-10H2,1-2H3. The summed E-state index contributed by atoms with van der Waals surface area (Å²) in [4.78, 5) is 16.9. The molecular formula is C16H22N2O2. The first-order valence-electron chi connectivity index (χ1n) is 7.44. The van der Waals surface area contributed by atoms with E-state index in [-0.39, 0.29) is 5.91 Å². The van der Waals surface area contributed by atoms with Gasteiger partial charge in [0, 0.05) is 44.2 Å². The van der Waals surface area contributed by atoms with Gasteiger partial charge in [0.15, 0.2) is 0 Å². The molecule has 0 aliphatic carbocycles. The minimum absolute atomic E-state index is 0.156. The second-order valence-corrected chi connectivity index (χ2v) is 5.84. The Kier molecular flexibility index (Phi) is 3.66. The molecule has 108 valence electrons. The highest BCUT2D eigenvalue weighted by Gasteiger charge is 2.24. The van der Waals surface area contributed by atoms with Gasteiger partial charge in [-0.1, -0.05) is 0 Å². The maximum atomic E-state index is 12.5. The molecule has 1 saturated heterocycles. The molecule has 0 bridgehead atoms. The second-order valence-electron chi connectivity index (χ2n) is 5.84. The van der Waals surface area contributed by atoms with Crippen LogP contribution in [0.25, 0.3) is 0 Å². The zero-order chi connectivity index (χ0) is 14.1. The number of nitrogens with zero attached hydrogens (tertiary/aromatic N) is 2. The number of ether oxygens (including phenoxy) is 1. The third kappa shape index (κ3) is 2.52. The maximum Gasteiger partial charge on any atom is 0.253 e. The van der Waals surface area contributed by atoms with Gasteiger partial charge in [-0.3, -0.25) is 9.69 Å². The van der Waals surface area contributed by atoms with Gasteiger partial charge >= 0.3 is 0 Å². The molecule has 0 atom stereocenters. The van der Waals surface area contributed by atoms with E-state index in [0.29, 0.717) is 6.04 Å². The Bertz CT molecular complexity index is 505. The molecular weight excluding hydrogens is 252 g/mol. The summed E-state index contributed by atoms with van der Waals surface area (Å²) in [6.45, 7) is 8.74. The monoisotopic (exact) mass is 274 g/mol.